The van der Waals surface area contributed by atoms with Crippen LogP contribution >= 0.6 is 12.2 Å². The maximum atomic E-state index is 10.1. The minimum Gasteiger partial charge on any atom is -0.507 e. The van der Waals surface area contributed by atoms with Crippen LogP contribution in [0.2, 0.25) is 0 Å². The molecule has 0 atom stereocenters. The highest BCUT2D eigenvalue weighted by Gasteiger charge is 2.16. The van der Waals surface area contributed by atoms with Crippen LogP contribution in [0.4, 0.5) is 0 Å². The third-order valence-corrected chi connectivity index (χ3v) is 4.35. The van der Waals surface area contributed by atoms with Gasteiger partial charge in [0, 0.05) is 12.6 Å². The summed E-state index contributed by atoms with van der Waals surface area (Å²) in [6.07, 6.45) is 3.89. The molecule has 120 valence electrons. The van der Waals surface area contributed by atoms with Crippen LogP contribution in [-0.4, -0.2) is 36.1 Å². The molecule has 0 radical (unpaired) electrons. The van der Waals surface area contributed by atoms with Gasteiger partial charge < -0.3 is 15.3 Å². The van der Waals surface area contributed by atoms with E-state index in [2.05, 4.69) is 15.8 Å². The van der Waals surface area contributed by atoms with Crippen LogP contribution in [0.3, 0.4) is 0 Å². The van der Waals surface area contributed by atoms with Crippen molar-refractivity contribution in [2.75, 3.05) is 20.1 Å². The summed E-state index contributed by atoms with van der Waals surface area (Å²) in [7, 11) is 1.75. The van der Waals surface area contributed by atoms with Gasteiger partial charge in [0.15, 0.2) is 5.11 Å². The highest BCUT2D eigenvalue weighted by Crippen LogP contribution is 2.18. The second-order valence-electron chi connectivity index (χ2n) is 5.72. The Balaban J connectivity index is 2.09. The SMILES string of the molecule is CNC(=S)N/N=C(\C)c1ccc(O)c(C[NH+]2CCCCC2)c1. The molecule has 2 rings (SSSR count). The number of hydrazone groups is 1. The van der Waals surface area contributed by atoms with Crippen LogP contribution < -0.4 is 15.6 Å². The van der Waals surface area contributed by atoms with E-state index in [1.54, 1.807) is 18.0 Å². The van der Waals surface area contributed by atoms with E-state index in [0.717, 1.165) is 23.4 Å². The van der Waals surface area contributed by atoms with Gasteiger partial charge in [0.1, 0.15) is 12.3 Å². The molecule has 22 heavy (non-hydrogen) atoms. The first-order valence-corrected chi connectivity index (χ1v) is 8.19. The maximum Gasteiger partial charge on any atom is 0.186 e. The van der Waals surface area contributed by atoms with Gasteiger partial charge in [-0.15, -0.1) is 0 Å². The summed E-state index contributed by atoms with van der Waals surface area (Å²) in [6.45, 7) is 5.17. The third kappa shape index (κ3) is 4.68. The second-order valence-corrected chi connectivity index (χ2v) is 6.13. The predicted octanol–water partition coefficient (Wildman–Crippen LogP) is 0.779. The van der Waals surface area contributed by atoms with Crippen molar-refractivity contribution in [1.29, 1.82) is 0 Å². The summed E-state index contributed by atoms with van der Waals surface area (Å²) in [5.41, 5.74) is 5.61. The quantitative estimate of drug-likeness (QED) is 0.376. The summed E-state index contributed by atoms with van der Waals surface area (Å²) in [5.74, 6) is 0.369. The molecule has 0 aliphatic carbocycles. The zero-order valence-electron chi connectivity index (χ0n) is 13.3. The van der Waals surface area contributed by atoms with Crippen LogP contribution in [0.25, 0.3) is 0 Å². The topological polar surface area (TPSA) is 61.1 Å². The predicted molar refractivity (Wildman–Crippen MR) is 93.4 cm³/mol. The number of aromatic hydroxyl groups is 1. The minimum absolute atomic E-state index is 0.369. The van der Waals surface area contributed by atoms with Gasteiger partial charge in [-0.2, -0.15) is 5.10 Å². The van der Waals surface area contributed by atoms with Crippen molar-refractivity contribution < 1.29 is 10.0 Å². The molecule has 1 fully saturated rings. The number of likely N-dealkylation sites (tertiary alicyclic amines) is 1. The number of phenolic OH excluding ortho intramolecular Hbond substituents is 1. The normalized spacial score (nSPS) is 16.4. The van der Waals surface area contributed by atoms with E-state index in [9.17, 15) is 5.11 Å². The van der Waals surface area contributed by atoms with Crippen LogP contribution in [0, 0.1) is 0 Å². The minimum atomic E-state index is 0.369. The van der Waals surface area contributed by atoms with Crippen LogP contribution in [0.5, 0.6) is 5.75 Å². The van der Waals surface area contributed by atoms with E-state index < -0.39 is 0 Å². The van der Waals surface area contributed by atoms with Gasteiger partial charge in [0.05, 0.1) is 18.8 Å². The smallest absolute Gasteiger partial charge is 0.186 e. The first kappa shape index (κ1) is 16.7. The van der Waals surface area contributed by atoms with Gasteiger partial charge >= 0.3 is 0 Å². The molecule has 4 N–H and O–H groups in total. The molecule has 0 bridgehead atoms. The standard InChI is InChI=1S/C16H24N4OS/c1-12(18-19-16(22)17-2)13-6-7-15(21)14(10-13)11-20-8-4-3-5-9-20/h6-7,10,21H,3-5,8-9,11H2,1-2H3,(H2,17,19,22)/p+1/b18-12+. The molecule has 0 spiro atoms. The number of quaternary nitrogens is 1. The molecule has 0 unspecified atom stereocenters. The number of piperidine rings is 1. The Morgan fingerprint density at radius 3 is 2.73 bits per heavy atom. The Hall–Kier alpha value is -1.66. The number of hydrogen-bond acceptors (Lipinski definition) is 3. The van der Waals surface area contributed by atoms with E-state index in [1.165, 1.54) is 32.4 Å². The monoisotopic (exact) mass is 321 g/mol. The summed E-state index contributed by atoms with van der Waals surface area (Å²) < 4.78 is 0. The molecule has 0 saturated carbocycles. The summed E-state index contributed by atoms with van der Waals surface area (Å²) in [6, 6.07) is 5.66. The highest BCUT2D eigenvalue weighted by molar-refractivity contribution is 7.80. The number of nitrogens with zero attached hydrogens (tertiary/aromatic N) is 1. The molecule has 1 aliphatic heterocycles. The zero-order valence-corrected chi connectivity index (χ0v) is 14.1. The molecular formula is C16H25N4OS+. The largest absolute Gasteiger partial charge is 0.507 e. The third-order valence-electron chi connectivity index (χ3n) is 4.05. The molecule has 0 aromatic heterocycles. The molecule has 1 saturated heterocycles. The van der Waals surface area contributed by atoms with Gasteiger partial charge in [0.2, 0.25) is 0 Å². The Morgan fingerprint density at radius 1 is 1.32 bits per heavy atom. The number of hydrogen-bond donors (Lipinski definition) is 4. The van der Waals surface area contributed by atoms with E-state index in [-0.39, 0.29) is 0 Å². The molecular weight excluding hydrogens is 296 g/mol. The number of nitrogens with one attached hydrogen (secondary N) is 3. The number of benzene rings is 1. The van der Waals surface area contributed by atoms with E-state index in [4.69, 9.17) is 12.2 Å². The van der Waals surface area contributed by atoms with Gasteiger partial charge in [-0.3, -0.25) is 5.43 Å². The van der Waals surface area contributed by atoms with Crippen molar-refractivity contribution in [3.8, 4) is 5.75 Å². The van der Waals surface area contributed by atoms with Crippen molar-refractivity contribution in [2.24, 2.45) is 5.10 Å². The molecule has 5 nitrogen and oxygen atoms in total. The van der Waals surface area contributed by atoms with Crippen molar-refractivity contribution >= 4 is 23.0 Å². The Kier molecular flexibility index (Phi) is 6.15. The molecule has 1 aliphatic rings. The Bertz CT molecular complexity index is 553. The van der Waals surface area contributed by atoms with E-state index in [1.807, 2.05) is 19.1 Å². The Morgan fingerprint density at radius 2 is 2.05 bits per heavy atom. The molecule has 1 aromatic carbocycles. The molecule has 6 heteroatoms. The van der Waals surface area contributed by atoms with E-state index in [0.29, 0.717) is 10.9 Å². The molecule has 1 heterocycles. The summed E-state index contributed by atoms with van der Waals surface area (Å²) in [5, 5.41) is 17.7. The summed E-state index contributed by atoms with van der Waals surface area (Å²) in [4.78, 5) is 1.54. The lowest BCUT2D eigenvalue weighted by Crippen LogP contribution is -3.11. The fourth-order valence-corrected chi connectivity index (χ4v) is 2.75. The van der Waals surface area contributed by atoms with Gasteiger partial charge in [0.25, 0.3) is 0 Å². The van der Waals surface area contributed by atoms with Crippen LogP contribution in [-0.2, 0) is 6.54 Å². The van der Waals surface area contributed by atoms with Crippen molar-refractivity contribution in [3.05, 3.63) is 29.3 Å². The maximum absolute atomic E-state index is 10.1. The van der Waals surface area contributed by atoms with Gasteiger partial charge in [-0.25, -0.2) is 0 Å². The lowest BCUT2D eigenvalue weighted by molar-refractivity contribution is -0.918. The lowest BCUT2D eigenvalue weighted by Gasteiger charge is -2.24. The average Bonchev–Trinajstić information content (AvgIpc) is 2.55. The summed E-state index contributed by atoms with van der Waals surface area (Å²) >= 11 is 5.01. The van der Waals surface area contributed by atoms with Gasteiger partial charge in [-0.05, 0) is 62.2 Å². The molecule has 1 aromatic rings. The van der Waals surface area contributed by atoms with Crippen LogP contribution in [0.1, 0.15) is 37.3 Å². The fraction of sp³-hybridized carbons (Fsp3) is 0.500. The highest BCUT2D eigenvalue weighted by atomic mass is 32.1. The second kappa shape index (κ2) is 8.10. The lowest BCUT2D eigenvalue weighted by atomic mass is 10.0. The first-order valence-electron chi connectivity index (χ1n) is 7.78. The molecule has 0 amide bonds. The number of phenols is 1. The van der Waals surface area contributed by atoms with Crippen molar-refractivity contribution in [1.82, 2.24) is 10.7 Å². The van der Waals surface area contributed by atoms with Crippen molar-refractivity contribution in [2.45, 2.75) is 32.7 Å². The number of thiocarbonyl (C=S) groups is 1. The Labute approximate surface area is 137 Å². The van der Waals surface area contributed by atoms with E-state index >= 15 is 0 Å². The van der Waals surface area contributed by atoms with Crippen molar-refractivity contribution in [3.63, 3.8) is 0 Å². The number of rotatable bonds is 4. The first-order chi connectivity index (χ1) is 10.6. The zero-order chi connectivity index (χ0) is 15.9. The average molecular weight is 321 g/mol. The fourth-order valence-electron chi connectivity index (χ4n) is 2.71. The van der Waals surface area contributed by atoms with Crippen LogP contribution in [0.15, 0.2) is 23.3 Å². The van der Waals surface area contributed by atoms with Gasteiger partial charge in [-0.1, -0.05) is 0 Å².